The van der Waals surface area contributed by atoms with Crippen molar-refractivity contribution >= 4 is 28.5 Å². The lowest BCUT2D eigenvalue weighted by molar-refractivity contribution is 0.536. The van der Waals surface area contributed by atoms with E-state index in [9.17, 15) is 0 Å². The van der Waals surface area contributed by atoms with Crippen molar-refractivity contribution < 1.29 is 4.42 Å². The van der Waals surface area contributed by atoms with E-state index in [1.165, 1.54) is 0 Å². The third-order valence-electron chi connectivity index (χ3n) is 4.18. The molecule has 0 saturated heterocycles. The van der Waals surface area contributed by atoms with Crippen LogP contribution in [0, 0.1) is 20.8 Å². The lowest BCUT2D eigenvalue weighted by atomic mass is 10.1. The van der Waals surface area contributed by atoms with E-state index < -0.39 is 0 Å². The topological polar surface area (TPSA) is 88.2 Å². The zero-order valence-corrected chi connectivity index (χ0v) is 14.9. The predicted molar refractivity (Wildman–Crippen MR) is 94.3 cm³/mol. The summed E-state index contributed by atoms with van der Waals surface area (Å²) in [5, 5.41) is 8.84. The molecule has 0 aliphatic carbocycles. The van der Waals surface area contributed by atoms with E-state index in [1.807, 2.05) is 20.8 Å². The molecule has 128 valence electrons. The van der Waals surface area contributed by atoms with Crippen molar-refractivity contribution in [3.63, 3.8) is 0 Å². The Kier molecular flexibility index (Phi) is 3.80. The quantitative estimate of drug-likeness (QED) is 0.734. The van der Waals surface area contributed by atoms with Gasteiger partial charge >= 0.3 is 0 Å². The Hall–Kier alpha value is -2.67. The minimum Gasteiger partial charge on any atom is -0.432 e. The van der Waals surface area contributed by atoms with E-state index in [0.717, 1.165) is 39.2 Å². The van der Waals surface area contributed by atoms with E-state index in [4.69, 9.17) is 16.0 Å². The molecule has 3 aromatic heterocycles. The Balaban J connectivity index is 1.80. The molecular weight excluding hydrogens is 340 g/mol. The molecule has 0 aromatic carbocycles. The van der Waals surface area contributed by atoms with Gasteiger partial charge in [0.2, 0.25) is 5.71 Å². The number of halogens is 1. The van der Waals surface area contributed by atoms with E-state index in [2.05, 4.69) is 30.6 Å². The Bertz CT molecular complexity index is 1090. The number of fused-ring (bicyclic) bond motifs is 3. The van der Waals surface area contributed by atoms with Crippen LogP contribution in [0.15, 0.2) is 21.8 Å². The first-order valence-corrected chi connectivity index (χ1v) is 8.31. The number of aromatic nitrogens is 3. The molecule has 0 saturated carbocycles. The van der Waals surface area contributed by atoms with Crippen LogP contribution in [-0.4, -0.2) is 21.6 Å². The van der Waals surface area contributed by atoms with Crippen molar-refractivity contribution in [2.75, 3.05) is 6.67 Å². The molecule has 8 heteroatoms. The van der Waals surface area contributed by atoms with E-state index in [-0.39, 0.29) is 0 Å². The molecule has 25 heavy (non-hydrogen) atoms. The van der Waals surface area contributed by atoms with Crippen molar-refractivity contribution in [3.8, 4) is 0 Å². The Morgan fingerprint density at radius 3 is 2.76 bits per heavy atom. The van der Waals surface area contributed by atoms with Gasteiger partial charge in [0, 0.05) is 24.5 Å². The average Bonchev–Trinajstić information content (AvgIpc) is 2.98. The van der Waals surface area contributed by atoms with E-state index in [0.29, 0.717) is 29.4 Å². The number of aryl methyl sites for hydroxylation is 3. The maximum Gasteiger partial charge on any atom is 0.229 e. The standard InChI is InChI=1S/C17H17ClN6O/c1-8-12-14-15(25-17(12)24-9(2)13(8)18)16(23-7-22-14)21-6-11-4-19-10(3)20-5-11/h4-5,21,23H,6-7H2,1-3H3. The fourth-order valence-electron chi connectivity index (χ4n) is 2.85. The van der Waals surface area contributed by atoms with Crippen LogP contribution in [0.5, 0.6) is 0 Å². The average molecular weight is 357 g/mol. The third kappa shape index (κ3) is 2.70. The summed E-state index contributed by atoms with van der Waals surface area (Å²) < 4.78 is 5.97. The van der Waals surface area contributed by atoms with Crippen LogP contribution >= 0.6 is 11.6 Å². The predicted octanol–water partition coefficient (Wildman–Crippen LogP) is 1.23. The molecule has 0 atom stereocenters. The molecule has 0 amide bonds. The summed E-state index contributed by atoms with van der Waals surface area (Å²) in [7, 11) is 0. The molecule has 4 rings (SSSR count). The molecule has 7 nitrogen and oxygen atoms in total. The normalized spacial score (nSPS) is 13.4. The summed E-state index contributed by atoms with van der Waals surface area (Å²) in [6.45, 7) is 6.72. The number of hydrogen-bond acceptors (Lipinski definition) is 7. The number of hydrogen-bond donors (Lipinski definition) is 2. The van der Waals surface area contributed by atoms with Gasteiger partial charge in [-0.1, -0.05) is 11.6 Å². The summed E-state index contributed by atoms with van der Waals surface area (Å²) in [4.78, 5) is 17.4. The van der Waals surface area contributed by atoms with Gasteiger partial charge in [0.15, 0.2) is 5.42 Å². The summed E-state index contributed by atoms with van der Waals surface area (Å²) in [5.41, 5.74) is 3.86. The fraction of sp³-hybridized carbons (Fsp3) is 0.294. The van der Waals surface area contributed by atoms with Gasteiger partial charge < -0.3 is 15.1 Å². The van der Waals surface area contributed by atoms with Gasteiger partial charge in [-0.3, -0.25) is 4.99 Å². The molecule has 0 fully saturated rings. The van der Waals surface area contributed by atoms with E-state index in [1.54, 1.807) is 12.4 Å². The Morgan fingerprint density at radius 1 is 1.24 bits per heavy atom. The summed E-state index contributed by atoms with van der Waals surface area (Å²) in [6.07, 6.45) is 3.61. The van der Waals surface area contributed by atoms with Crippen LogP contribution in [0.3, 0.4) is 0 Å². The molecule has 0 bridgehead atoms. The molecule has 2 N–H and O–H groups in total. The summed E-state index contributed by atoms with van der Waals surface area (Å²) >= 11 is 6.35. The van der Waals surface area contributed by atoms with Crippen LogP contribution in [0.1, 0.15) is 22.6 Å². The van der Waals surface area contributed by atoms with Gasteiger partial charge in [0.25, 0.3) is 0 Å². The minimum atomic E-state index is 0.458. The minimum absolute atomic E-state index is 0.458. The van der Waals surface area contributed by atoms with Crippen molar-refractivity contribution in [1.29, 1.82) is 0 Å². The molecule has 0 spiro atoms. The highest BCUT2D eigenvalue weighted by molar-refractivity contribution is 6.32. The second kappa shape index (κ2) is 6.00. The van der Waals surface area contributed by atoms with Crippen molar-refractivity contribution in [3.05, 3.63) is 50.8 Å². The van der Waals surface area contributed by atoms with Crippen molar-refractivity contribution in [2.24, 2.45) is 4.99 Å². The number of nitrogens with one attached hydrogen (secondary N) is 2. The van der Waals surface area contributed by atoms with Crippen LogP contribution in [-0.2, 0) is 6.54 Å². The largest absolute Gasteiger partial charge is 0.432 e. The van der Waals surface area contributed by atoms with Crippen molar-refractivity contribution in [1.82, 2.24) is 25.6 Å². The maximum absolute atomic E-state index is 6.35. The molecular formula is C17H17ClN6O. The van der Waals surface area contributed by atoms with Gasteiger partial charge in [-0.2, -0.15) is 0 Å². The zero-order chi connectivity index (χ0) is 17.6. The number of rotatable bonds is 3. The molecule has 0 radical (unpaired) electrons. The highest BCUT2D eigenvalue weighted by atomic mass is 35.5. The zero-order valence-electron chi connectivity index (χ0n) is 14.1. The monoisotopic (exact) mass is 356 g/mol. The first-order valence-electron chi connectivity index (χ1n) is 7.94. The van der Waals surface area contributed by atoms with Crippen LogP contribution < -0.4 is 21.4 Å². The molecule has 3 aromatic rings. The SMILES string of the molecule is Cc1ncc(CNC2=c3oc4nc(C)c(Cl)c(C)c4c3=NCN2)cn1. The van der Waals surface area contributed by atoms with Crippen LogP contribution in [0.25, 0.3) is 16.9 Å². The van der Waals surface area contributed by atoms with Crippen molar-refractivity contribution in [2.45, 2.75) is 27.3 Å². The lowest BCUT2D eigenvalue weighted by Gasteiger charge is -2.13. The van der Waals surface area contributed by atoms with Gasteiger partial charge in [-0.25, -0.2) is 15.0 Å². The second-order valence-corrected chi connectivity index (χ2v) is 6.33. The van der Waals surface area contributed by atoms with Gasteiger partial charge in [-0.05, 0) is 26.3 Å². The van der Waals surface area contributed by atoms with E-state index >= 15 is 0 Å². The first kappa shape index (κ1) is 15.8. The number of furan rings is 1. The lowest BCUT2D eigenvalue weighted by Crippen LogP contribution is -2.41. The Labute approximate surface area is 148 Å². The second-order valence-electron chi connectivity index (χ2n) is 5.96. The molecule has 0 unspecified atom stereocenters. The fourth-order valence-corrected chi connectivity index (χ4v) is 2.99. The summed E-state index contributed by atoms with van der Waals surface area (Å²) in [6, 6.07) is 0. The summed E-state index contributed by atoms with van der Waals surface area (Å²) in [5.74, 6) is 1.52. The molecule has 1 aliphatic heterocycles. The van der Waals surface area contributed by atoms with Gasteiger partial charge in [0.05, 0.1) is 16.1 Å². The van der Waals surface area contributed by atoms with Gasteiger partial charge in [0.1, 0.15) is 23.7 Å². The highest BCUT2D eigenvalue weighted by Gasteiger charge is 2.18. The third-order valence-corrected chi connectivity index (χ3v) is 4.74. The number of nitrogens with zero attached hydrogens (tertiary/aromatic N) is 4. The highest BCUT2D eigenvalue weighted by Crippen LogP contribution is 2.24. The van der Waals surface area contributed by atoms with Crippen LogP contribution in [0.2, 0.25) is 5.02 Å². The first-order chi connectivity index (χ1) is 12.0. The van der Waals surface area contributed by atoms with Crippen LogP contribution in [0.4, 0.5) is 0 Å². The smallest absolute Gasteiger partial charge is 0.229 e. The maximum atomic E-state index is 6.35. The Morgan fingerprint density at radius 2 is 2.00 bits per heavy atom. The molecule has 1 aliphatic rings. The molecule has 4 heterocycles. The number of pyridine rings is 1. The van der Waals surface area contributed by atoms with Gasteiger partial charge in [-0.15, -0.1) is 0 Å².